The van der Waals surface area contributed by atoms with Crippen LogP contribution in [0.25, 0.3) is 0 Å². The lowest BCUT2D eigenvalue weighted by molar-refractivity contribution is -0.0617. The quantitative estimate of drug-likeness (QED) is 0.891. The Kier molecular flexibility index (Phi) is 4.78. The van der Waals surface area contributed by atoms with Gasteiger partial charge in [0, 0.05) is 30.6 Å². The summed E-state index contributed by atoms with van der Waals surface area (Å²) in [6.07, 6.45) is 2.26. The summed E-state index contributed by atoms with van der Waals surface area (Å²) in [5.41, 5.74) is 6.11. The summed E-state index contributed by atoms with van der Waals surface area (Å²) < 4.78 is 5.71. The molecule has 0 aromatic carbocycles. The van der Waals surface area contributed by atoms with Crippen molar-refractivity contribution in [1.29, 1.82) is 0 Å². The molecule has 1 saturated heterocycles. The van der Waals surface area contributed by atoms with E-state index in [0.29, 0.717) is 12.6 Å². The molecular formula is C14H24N2OS. The minimum atomic E-state index is 0.0242. The maximum Gasteiger partial charge on any atom is 0.0663 e. The van der Waals surface area contributed by atoms with Crippen LogP contribution in [0.3, 0.4) is 0 Å². The van der Waals surface area contributed by atoms with E-state index in [1.165, 1.54) is 4.88 Å². The summed E-state index contributed by atoms with van der Waals surface area (Å²) in [7, 11) is 0. The number of hydrogen-bond donors (Lipinski definition) is 1. The first-order chi connectivity index (χ1) is 8.68. The predicted molar refractivity (Wildman–Crippen MR) is 76.8 cm³/mol. The first-order valence-corrected chi connectivity index (χ1v) is 7.63. The molecule has 0 aliphatic carbocycles. The molecule has 2 rings (SSSR count). The van der Waals surface area contributed by atoms with E-state index < -0.39 is 0 Å². The minimum Gasteiger partial charge on any atom is -0.379 e. The zero-order chi connectivity index (χ0) is 13.0. The molecule has 1 fully saturated rings. The molecule has 3 nitrogen and oxygen atoms in total. The molecule has 1 aromatic rings. The lowest BCUT2D eigenvalue weighted by Crippen LogP contribution is -2.60. The lowest BCUT2D eigenvalue weighted by atomic mass is 9.89. The minimum absolute atomic E-state index is 0.0242. The fraction of sp³-hybridized carbons (Fsp3) is 0.714. The van der Waals surface area contributed by atoms with Gasteiger partial charge in [0.25, 0.3) is 0 Å². The smallest absolute Gasteiger partial charge is 0.0663 e. The third kappa shape index (κ3) is 2.94. The van der Waals surface area contributed by atoms with Gasteiger partial charge < -0.3 is 10.5 Å². The molecule has 0 spiro atoms. The highest BCUT2D eigenvalue weighted by molar-refractivity contribution is 7.09. The zero-order valence-electron chi connectivity index (χ0n) is 11.4. The molecule has 4 heteroatoms. The Hall–Kier alpha value is -0.420. The second kappa shape index (κ2) is 6.15. The molecule has 1 aromatic heterocycles. The van der Waals surface area contributed by atoms with Crippen molar-refractivity contribution in [2.45, 2.75) is 44.8 Å². The summed E-state index contributed by atoms with van der Waals surface area (Å²) in [5, 5.41) is 2.14. The van der Waals surface area contributed by atoms with Crippen molar-refractivity contribution in [3.63, 3.8) is 0 Å². The zero-order valence-corrected chi connectivity index (χ0v) is 12.2. The standard InChI is InChI=1S/C14H24N2OS/c1-12(2)16(9-13-5-3-8-18-13)14(10-15)6-4-7-17-11-14/h3,5,8,12H,4,6-7,9-11,15H2,1-2H3. The van der Waals surface area contributed by atoms with E-state index in [0.717, 1.165) is 32.6 Å². The highest BCUT2D eigenvalue weighted by Crippen LogP contribution is 2.30. The van der Waals surface area contributed by atoms with Crippen LogP contribution in [0.5, 0.6) is 0 Å². The van der Waals surface area contributed by atoms with Crippen molar-refractivity contribution < 1.29 is 4.74 Å². The van der Waals surface area contributed by atoms with Crippen LogP contribution < -0.4 is 5.73 Å². The van der Waals surface area contributed by atoms with E-state index in [2.05, 4.69) is 36.3 Å². The molecular weight excluding hydrogens is 244 g/mol. The monoisotopic (exact) mass is 268 g/mol. The van der Waals surface area contributed by atoms with Crippen LogP contribution in [0.1, 0.15) is 31.6 Å². The molecule has 2 N–H and O–H groups in total. The number of ether oxygens (including phenoxy) is 1. The predicted octanol–water partition coefficient (Wildman–Crippen LogP) is 2.47. The largest absolute Gasteiger partial charge is 0.379 e. The van der Waals surface area contributed by atoms with E-state index >= 15 is 0 Å². The first kappa shape index (κ1) is 14.0. The average molecular weight is 268 g/mol. The van der Waals surface area contributed by atoms with E-state index in [1.807, 2.05) is 11.3 Å². The number of nitrogens with two attached hydrogens (primary N) is 1. The van der Waals surface area contributed by atoms with Crippen LogP contribution in [0.15, 0.2) is 17.5 Å². The number of hydrogen-bond acceptors (Lipinski definition) is 4. The van der Waals surface area contributed by atoms with Crippen molar-refractivity contribution in [2.75, 3.05) is 19.8 Å². The second-order valence-corrected chi connectivity index (χ2v) is 6.42. The molecule has 102 valence electrons. The van der Waals surface area contributed by atoms with Crippen LogP contribution in [-0.2, 0) is 11.3 Å². The molecule has 0 saturated carbocycles. The Morgan fingerprint density at radius 3 is 2.89 bits per heavy atom. The Bertz CT molecular complexity index is 345. The van der Waals surface area contributed by atoms with Gasteiger partial charge in [0.1, 0.15) is 0 Å². The van der Waals surface area contributed by atoms with E-state index in [1.54, 1.807) is 0 Å². The lowest BCUT2D eigenvalue weighted by Gasteiger charge is -2.47. The molecule has 0 amide bonds. The summed E-state index contributed by atoms with van der Waals surface area (Å²) >= 11 is 1.82. The van der Waals surface area contributed by atoms with Gasteiger partial charge in [-0.05, 0) is 38.1 Å². The van der Waals surface area contributed by atoms with Gasteiger partial charge >= 0.3 is 0 Å². The van der Waals surface area contributed by atoms with Crippen molar-refractivity contribution >= 4 is 11.3 Å². The van der Waals surface area contributed by atoms with Gasteiger partial charge in [-0.15, -0.1) is 11.3 Å². The highest BCUT2D eigenvalue weighted by atomic mass is 32.1. The van der Waals surface area contributed by atoms with Gasteiger partial charge in [0.05, 0.1) is 12.1 Å². The highest BCUT2D eigenvalue weighted by Gasteiger charge is 2.39. The fourth-order valence-electron chi connectivity index (χ4n) is 2.81. The van der Waals surface area contributed by atoms with Crippen LogP contribution >= 0.6 is 11.3 Å². The van der Waals surface area contributed by atoms with Gasteiger partial charge in [0.2, 0.25) is 0 Å². The Morgan fingerprint density at radius 2 is 2.39 bits per heavy atom. The Labute approximate surface area is 114 Å². The molecule has 1 atom stereocenters. The SMILES string of the molecule is CC(C)N(Cc1cccs1)C1(CN)CCCOC1. The molecule has 1 aliphatic heterocycles. The first-order valence-electron chi connectivity index (χ1n) is 6.75. The summed E-state index contributed by atoms with van der Waals surface area (Å²) in [5.74, 6) is 0. The Morgan fingerprint density at radius 1 is 1.56 bits per heavy atom. The van der Waals surface area contributed by atoms with Gasteiger partial charge in [-0.3, -0.25) is 4.90 Å². The van der Waals surface area contributed by atoms with E-state index in [-0.39, 0.29) is 5.54 Å². The van der Waals surface area contributed by atoms with E-state index in [9.17, 15) is 0 Å². The second-order valence-electron chi connectivity index (χ2n) is 5.39. The van der Waals surface area contributed by atoms with Crippen molar-refractivity contribution in [3.8, 4) is 0 Å². The summed E-state index contributed by atoms with van der Waals surface area (Å²) in [6.45, 7) is 7.81. The molecule has 18 heavy (non-hydrogen) atoms. The van der Waals surface area contributed by atoms with Crippen molar-refractivity contribution in [3.05, 3.63) is 22.4 Å². The van der Waals surface area contributed by atoms with E-state index in [4.69, 9.17) is 10.5 Å². The molecule has 2 heterocycles. The maximum absolute atomic E-state index is 6.09. The van der Waals surface area contributed by atoms with Gasteiger partial charge in [-0.1, -0.05) is 6.07 Å². The van der Waals surface area contributed by atoms with Gasteiger partial charge in [0.15, 0.2) is 0 Å². The topological polar surface area (TPSA) is 38.5 Å². The number of rotatable bonds is 5. The van der Waals surface area contributed by atoms with Gasteiger partial charge in [-0.2, -0.15) is 0 Å². The fourth-order valence-corrected chi connectivity index (χ4v) is 3.51. The average Bonchev–Trinajstić information content (AvgIpc) is 2.89. The van der Waals surface area contributed by atoms with Crippen LogP contribution in [0.2, 0.25) is 0 Å². The molecule has 1 unspecified atom stereocenters. The molecule has 0 radical (unpaired) electrons. The number of thiophene rings is 1. The third-order valence-corrected chi connectivity index (χ3v) is 4.68. The van der Waals surface area contributed by atoms with Gasteiger partial charge in [-0.25, -0.2) is 0 Å². The summed E-state index contributed by atoms with van der Waals surface area (Å²) in [6, 6.07) is 4.80. The molecule has 0 bridgehead atoms. The Balaban J connectivity index is 2.16. The normalized spacial score (nSPS) is 24.9. The van der Waals surface area contributed by atoms with Crippen molar-refractivity contribution in [2.24, 2.45) is 5.73 Å². The van der Waals surface area contributed by atoms with Crippen molar-refractivity contribution in [1.82, 2.24) is 4.90 Å². The van der Waals surface area contributed by atoms with Crippen LogP contribution in [0, 0.1) is 0 Å². The van der Waals surface area contributed by atoms with Crippen LogP contribution in [0.4, 0.5) is 0 Å². The maximum atomic E-state index is 6.09. The molecule has 1 aliphatic rings. The third-order valence-electron chi connectivity index (χ3n) is 3.82. The van der Waals surface area contributed by atoms with Crippen LogP contribution in [-0.4, -0.2) is 36.2 Å². The summed E-state index contributed by atoms with van der Waals surface area (Å²) in [4.78, 5) is 3.93. The number of nitrogens with zero attached hydrogens (tertiary/aromatic N) is 1.